The molecule has 2 fully saturated rings. The molecule has 0 radical (unpaired) electrons. The molecule has 2 saturated heterocycles. The largest absolute Gasteiger partial charge is 0.441 e. The van der Waals surface area contributed by atoms with Gasteiger partial charge in [0.1, 0.15) is 5.52 Å². The lowest BCUT2D eigenvalue weighted by Gasteiger charge is -2.27. The molecule has 3 heterocycles. The highest BCUT2D eigenvalue weighted by atomic mass is 16.5. The van der Waals surface area contributed by atoms with Crippen LogP contribution in [-0.2, 0) is 4.74 Å². The van der Waals surface area contributed by atoms with E-state index in [0.29, 0.717) is 30.3 Å². The zero-order valence-corrected chi connectivity index (χ0v) is 13.2. The predicted octanol–water partition coefficient (Wildman–Crippen LogP) is 1.73. The lowest BCUT2D eigenvalue weighted by atomic mass is 10.1. The van der Waals surface area contributed by atoms with Gasteiger partial charge in [0.25, 0.3) is 5.91 Å². The summed E-state index contributed by atoms with van der Waals surface area (Å²) in [6.45, 7) is 5.28. The van der Waals surface area contributed by atoms with E-state index in [0.717, 1.165) is 18.6 Å². The van der Waals surface area contributed by atoms with Gasteiger partial charge in [0, 0.05) is 12.5 Å². The van der Waals surface area contributed by atoms with E-state index < -0.39 is 0 Å². The average molecular weight is 315 g/mol. The highest BCUT2D eigenvalue weighted by Crippen LogP contribution is 2.20. The number of amides is 1. The van der Waals surface area contributed by atoms with Crippen molar-refractivity contribution in [2.75, 3.05) is 26.3 Å². The Labute approximate surface area is 134 Å². The minimum absolute atomic E-state index is 0.0489. The van der Waals surface area contributed by atoms with Crippen molar-refractivity contribution in [3.63, 3.8) is 0 Å². The zero-order valence-electron chi connectivity index (χ0n) is 13.2. The van der Waals surface area contributed by atoms with E-state index in [2.05, 4.69) is 15.2 Å². The van der Waals surface area contributed by atoms with Gasteiger partial charge < -0.3 is 14.5 Å². The van der Waals surface area contributed by atoms with Crippen molar-refractivity contribution in [2.24, 2.45) is 0 Å². The molecule has 2 aliphatic heterocycles. The molecule has 4 rings (SSSR count). The maximum Gasteiger partial charge on any atom is 0.251 e. The van der Waals surface area contributed by atoms with Crippen LogP contribution in [-0.4, -0.2) is 54.2 Å². The first kappa shape index (κ1) is 14.7. The van der Waals surface area contributed by atoms with Crippen molar-refractivity contribution in [3.8, 4) is 0 Å². The number of ether oxygens (including phenoxy) is 1. The Morgan fingerprint density at radius 1 is 1.30 bits per heavy atom. The number of carbonyl (C=O) groups is 1. The van der Waals surface area contributed by atoms with Crippen molar-refractivity contribution in [3.05, 3.63) is 29.7 Å². The number of rotatable bonds is 3. The van der Waals surface area contributed by atoms with Gasteiger partial charge >= 0.3 is 0 Å². The molecule has 6 nitrogen and oxygen atoms in total. The quantitative estimate of drug-likeness (QED) is 0.934. The van der Waals surface area contributed by atoms with E-state index in [4.69, 9.17) is 9.15 Å². The van der Waals surface area contributed by atoms with Crippen LogP contribution in [0.4, 0.5) is 0 Å². The fourth-order valence-corrected chi connectivity index (χ4v) is 3.55. The molecule has 2 aromatic rings. The van der Waals surface area contributed by atoms with E-state index >= 15 is 0 Å². The number of likely N-dealkylation sites (tertiary alicyclic amines) is 1. The summed E-state index contributed by atoms with van der Waals surface area (Å²) >= 11 is 0. The fourth-order valence-electron chi connectivity index (χ4n) is 3.55. The molecule has 0 spiro atoms. The molecule has 2 aliphatic rings. The smallest absolute Gasteiger partial charge is 0.251 e. The van der Waals surface area contributed by atoms with Gasteiger partial charge in [-0.15, -0.1) is 0 Å². The zero-order chi connectivity index (χ0) is 15.8. The van der Waals surface area contributed by atoms with Crippen molar-refractivity contribution < 1.29 is 13.9 Å². The first-order valence-corrected chi connectivity index (χ1v) is 8.20. The van der Waals surface area contributed by atoms with E-state index in [-0.39, 0.29) is 18.0 Å². The number of benzene rings is 1. The Hall–Kier alpha value is -1.92. The molecule has 23 heavy (non-hydrogen) atoms. The van der Waals surface area contributed by atoms with E-state index in [1.807, 2.05) is 6.07 Å². The van der Waals surface area contributed by atoms with Crippen molar-refractivity contribution >= 4 is 17.0 Å². The van der Waals surface area contributed by atoms with Crippen LogP contribution < -0.4 is 5.32 Å². The normalized spacial score (nSPS) is 25.3. The Balaban J connectivity index is 1.49. The Morgan fingerprint density at radius 2 is 2.13 bits per heavy atom. The molecular weight excluding hydrogens is 294 g/mol. The maximum atomic E-state index is 12.6. The number of carbonyl (C=O) groups excluding carboxylic acids is 1. The number of nitrogens with one attached hydrogen (secondary N) is 1. The highest BCUT2D eigenvalue weighted by Gasteiger charge is 2.35. The first-order chi connectivity index (χ1) is 11.2. The molecule has 1 N–H and O–H groups in total. The summed E-state index contributed by atoms with van der Waals surface area (Å²) in [5.41, 5.74) is 2.02. The Bertz CT molecular complexity index is 721. The van der Waals surface area contributed by atoms with E-state index in [1.54, 1.807) is 19.1 Å². The van der Waals surface area contributed by atoms with Gasteiger partial charge in [0.05, 0.1) is 25.3 Å². The summed E-state index contributed by atoms with van der Waals surface area (Å²) < 4.78 is 11.1. The lowest BCUT2D eigenvalue weighted by Crippen LogP contribution is -2.50. The number of oxazole rings is 1. The van der Waals surface area contributed by atoms with Crippen LogP contribution in [0.25, 0.3) is 11.1 Å². The van der Waals surface area contributed by atoms with Gasteiger partial charge in [-0.05, 0) is 44.1 Å². The Kier molecular flexibility index (Phi) is 3.79. The second-order valence-electron chi connectivity index (χ2n) is 6.34. The number of aryl methyl sites for hydroxylation is 1. The molecule has 1 aromatic carbocycles. The number of hydrogen-bond acceptors (Lipinski definition) is 5. The number of aromatic nitrogens is 1. The van der Waals surface area contributed by atoms with Crippen LogP contribution in [0.5, 0.6) is 0 Å². The molecular formula is C17H21N3O3. The molecule has 122 valence electrons. The first-order valence-electron chi connectivity index (χ1n) is 8.20. The van der Waals surface area contributed by atoms with E-state index in [1.165, 1.54) is 12.8 Å². The number of nitrogens with zero attached hydrogens (tertiary/aromatic N) is 2. The van der Waals surface area contributed by atoms with E-state index in [9.17, 15) is 4.79 Å². The van der Waals surface area contributed by atoms with Gasteiger partial charge in [0.2, 0.25) is 0 Å². The standard InChI is InChI=1S/C17H21N3O3/c1-11-18-13-5-4-12(8-16(13)23-11)17(21)19-14-9-22-10-15(14)20-6-2-3-7-20/h4-5,8,14-15H,2-3,6-7,9-10H2,1H3,(H,19,21)/t14-,15-/m0/s1. The SMILES string of the molecule is Cc1nc2ccc(C(=O)N[C@H]3COC[C@@H]3N3CCCC3)cc2o1. The van der Waals surface area contributed by atoms with Crippen molar-refractivity contribution in [1.82, 2.24) is 15.2 Å². The monoisotopic (exact) mass is 315 g/mol. The molecule has 6 heteroatoms. The van der Waals surface area contributed by atoms with Gasteiger partial charge in [-0.25, -0.2) is 4.98 Å². The van der Waals surface area contributed by atoms with Gasteiger partial charge in [-0.2, -0.15) is 0 Å². The molecule has 2 atom stereocenters. The van der Waals surface area contributed by atoms with Gasteiger partial charge in [-0.1, -0.05) is 0 Å². The molecule has 1 aromatic heterocycles. The molecule has 0 unspecified atom stereocenters. The summed E-state index contributed by atoms with van der Waals surface area (Å²) in [7, 11) is 0. The van der Waals surface area contributed by atoms with Gasteiger partial charge in [-0.3, -0.25) is 9.69 Å². The third-order valence-corrected chi connectivity index (χ3v) is 4.73. The summed E-state index contributed by atoms with van der Waals surface area (Å²) in [6.07, 6.45) is 2.47. The highest BCUT2D eigenvalue weighted by molar-refractivity contribution is 5.97. The predicted molar refractivity (Wildman–Crippen MR) is 85.4 cm³/mol. The van der Waals surface area contributed by atoms with Crippen LogP contribution in [0.2, 0.25) is 0 Å². The second kappa shape index (κ2) is 5.94. The molecule has 0 bridgehead atoms. The maximum absolute atomic E-state index is 12.6. The summed E-state index contributed by atoms with van der Waals surface area (Å²) in [5, 5.41) is 3.13. The molecule has 0 aliphatic carbocycles. The van der Waals surface area contributed by atoms with Crippen LogP contribution in [0, 0.1) is 6.92 Å². The third kappa shape index (κ3) is 2.84. The van der Waals surface area contributed by atoms with Crippen LogP contribution >= 0.6 is 0 Å². The Morgan fingerprint density at radius 3 is 2.96 bits per heavy atom. The van der Waals surface area contributed by atoms with Gasteiger partial charge in [0.15, 0.2) is 11.5 Å². The summed E-state index contributed by atoms with van der Waals surface area (Å²) in [5.74, 6) is 0.525. The fraction of sp³-hybridized carbons (Fsp3) is 0.529. The minimum Gasteiger partial charge on any atom is -0.441 e. The third-order valence-electron chi connectivity index (χ3n) is 4.73. The summed E-state index contributed by atoms with van der Waals surface area (Å²) in [6, 6.07) is 5.71. The average Bonchev–Trinajstić information content (AvgIpc) is 3.25. The van der Waals surface area contributed by atoms with Crippen LogP contribution in [0.3, 0.4) is 0 Å². The lowest BCUT2D eigenvalue weighted by molar-refractivity contribution is 0.0916. The number of fused-ring (bicyclic) bond motifs is 1. The van der Waals surface area contributed by atoms with Crippen molar-refractivity contribution in [2.45, 2.75) is 31.8 Å². The van der Waals surface area contributed by atoms with Crippen LogP contribution in [0.1, 0.15) is 29.1 Å². The second-order valence-corrected chi connectivity index (χ2v) is 6.34. The molecule has 0 saturated carbocycles. The number of hydrogen-bond donors (Lipinski definition) is 1. The molecule has 1 amide bonds. The summed E-state index contributed by atoms with van der Waals surface area (Å²) in [4.78, 5) is 19.3. The van der Waals surface area contributed by atoms with Crippen molar-refractivity contribution in [1.29, 1.82) is 0 Å². The minimum atomic E-state index is -0.0827. The van der Waals surface area contributed by atoms with Crippen LogP contribution in [0.15, 0.2) is 22.6 Å². The topological polar surface area (TPSA) is 67.6 Å².